The molecule has 1 aromatic heterocycles. The molecule has 0 aliphatic carbocycles. The van der Waals surface area contributed by atoms with E-state index < -0.39 is 0 Å². The Kier molecular flexibility index (Phi) is 4.06. The Labute approximate surface area is 166 Å². The maximum atomic E-state index is 6.31. The Hall–Kier alpha value is -2.50. The molecule has 0 radical (unpaired) electrons. The van der Waals surface area contributed by atoms with Gasteiger partial charge in [0.2, 0.25) is 6.23 Å². The highest BCUT2D eigenvalue weighted by atomic mass is 35.5. The summed E-state index contributed by atoms with van der Waals surface area (Å²) < 4.78 is 11.6. The summed E-state index contributed by atoms with van der Waals surface area (Å²) in [5.41, 5.74) is 4.34. The zero-order valence-electron chi connectivity index (χ0n) is 14.6. The molecule has 5 rings (SSSR count). The molecule has 136 valence electrons. The van der Waals surface area contributed by atoms with Crippen LogP contribution in [0.1, 0.15) is 35.4 Å². The monoisotopic (exact) mass is 396 g/mol. The van der Waals surface area contributed by atoms with Crippen LogP contribution in [0.4, 0.5) is 0 Å². The van der Waals surface area contributed by atoms with Gasteiger partial charge < -0.3 is 9.47 Å². The summed E-state index contributed by atoms with van der Waals surface area (Å²) in [4.78, 5) is 0. The van der Waals surface area contributed by atoms with Crippen LogP contribution in [0.15, 0.2) is 64.4 Å². The van der Waals surface area contributed by atoms with Gasteiger partial charge in [-0.05, 0) is 64.9 Å². The lowest BCUT2D eigenvalue weighted by Crippen LogP contribution is -2.33. The third-order valence-corrected chi connectivity index (χ3v) is 5.94. The van der Waals surface area contributed by atoms with E-state index in [1.54, 1.807) is 18.4 Å². The van der Waals surface area contributed by atoms with E-state index in [4.69, 9.17) is 26.2 Å². The first-order valence-electron chi connectivity index (χ1n) is 8.71. The van der Waals surface area contributed by atoms with Crippen molar-refractivity contribution in [2.75, 3.05) is 7.11 Å². The Morgan fingerprint density at radius 1 is 1.19 bits per heavy atom. The summed E-state index contributed by atoms with van der Waals surface area (Å²) in [6.07, 6.45) is 0.578. The van der Waals surface area contributed by atoms with Gasteiger partial charge in [-0.3, -0.25) is 0 Å². The average Bonchev–Trinajstić information content (AvgIpc) is 3.38. The minimum absolute atomic E-state index is 0.106. The van der Waals surface area contributed by atoms with Gasteiger partial charge in [0.1, 0.15) is 11.5 Å². The van der Waals surface area contributed by atoms with Crippen molar-refractivity contribution in [3.8, 4) is 11.5 Å². The molecule has 0 saturated carbocycles. The number of nitrogens with zero attached hydrogens (tertiary/aromatic N) is 2. The van der Waals surface area contributed by atoms with E-state index in [0.717, 1.165) is 40.3 Å². The van der Waals surface area contributed by atoms with Crippen LogP contribution in [-0.2, 0) is 0 Å². The van der Waals surface area contributed by atoms with Crippen LogP contribution in [0.5, 0.6) is 11.5 Å². The molecule has 2 aromatic carbocycles. The first-order valence-corrected chi connectivity index (χ1v) is 10.0. The molecular formula is C21H17ClN2O2S. The lowest BCUT2D eigenvalue weighted by molar-refractivity contribution is -0.0187. The van der Waals surface area contributed by atoms with E-state index in [1.165, 1.54) is 0 Å². The number of hydrazone groups is 1. The first-order chi connectivity index (χ1) is 13.2. The molecule has 27 heavy (non-hydrogen) atoms. The minimum Gasteiger partial charge on any atom is -0.497 e. The maximum absolute atomic E-state index is 6.31. The predicted molar refractivity (Wildman–Crippen MR) is 108 cm³/mol. The fourth-order valence-electron chi connectivity index (χ4n) is 3.65. The molecule has 0 fully saturated rings. The highest BCUT2D eigenvalue weighted by molar-refractivity contribution is 7.07. The summed E-state index contributed by atoms with van der Waals surface area (Å²) in [6, 6.07) is 16.1. The molecule has 3 heterocycles. The number of hydrogen-bond acceptors (Lipinski definition) is 5. The molecule has 0 saturated heterocycles. The molecule has 2 aliphatic rings. The van der Waals surface area contributed by atoms with Crippen molar-refractivity contribution in [2.45, 2.75) is 18.7 Å². The van der Waals surface area contributed by atoms with Crippen LogP contribution < -0.4 is 9.47 Å². The minimum atomic E-state index is -0.231. The van der Waals surface area contributed by atoms with Crippen molar-refractivity contribution in [3.05, 3.63) is 81.0 Å². The van der Waals surface area contributed by atoms with E-state index in [0.29, 0.717) is 5.02 Å². The second-order valence-electron chi connectivity index (χ2n) is 6.58. The van der Waals surface area contributed by atoms with Crippen LogP contribution in [0.3, 0.4) is 0 Å². The average molecular weight is 397 g/mol. The molecule has 0 spiro atoms. The summed E-state index contributed by atoms with van der Waals surface area (Å²) in [5, 5.41) is 11.9. The summed E-state index contributed by atoms with van der Waals surface area (Å²) in [7, 11) is 1.67. The largest absolute Gasteiger partial charge is 0.497 e. The Morgan fingerprint density at radius 3 is 2.78 bits per heavy atom. The number of thiophene rings is 1. The van der Waals surface area contributed by atoms with Crippen molar-refractivity contribution in [1.82, 2.24) is 5.01 Å². The van der Waals surface area contributed by atoms with Gasteiger partial charge in [0.15, 0.2) is 0 Å². The van der Waals surface area contributed by atoms with Gasteiger partial charge in [0, 0.05) is 22.6 Å². The second kappa shape index (κ2) is 6.59. The zero-order chi connectivity index (χ0) is 18.4. The van der Waals surface area contributed by atoms with Gasteiger partial charge in [-0.1, -0.05) is 11.6 Å². The molecule has 2 unspecified atom stereocenters. The quantitative estimate of drug-likeness (QED) is 0.573. The molecule has 0 amide bonds. The lowest BCUT2D eigenvalue weighted by atomic mass is 9.96. The fraction of sp³-hybridized carbons (Fsp3) is 0.190. The molecule has 3 aromatic rings. The number of ether oxygens (including phenoxy) is 2. The Morgan fingerprint density at radius 2 is 2.04 bits per heavy atom. The van der Waals surface area contributed by atoms with Gasteiger partial charge in [0.25, 0.3) is 0 Å². The van der Waals surface area contributed by atoms with Gasteiger partial charge in [0.05, 0.1) is 18.9 Å². The lowest BCUT2D eigenvalue weighted by Gasteiger charge is -2.37. The molecule has 4 nitrogen and oxygen atoms in total. The second-order valence-corrected chi connectivity index (χ2v) is 7.80. The number of fused-ring (bicyclic) bond motifs is 3. The Balaban J connectivity index is 1.57. The third-order valence-electron chi connectivity index (χ3n) is 5.00. The van der Waals surface area contributed by atoms with Crippen molar-refractivity contribution < 1.29 is 9.47 Å². The van der Waals surface area contributed by atoms with Crippen LogP contribution >= 0.6 is 22.9 Å². The van der Waals surface area contributed by atoms with Crippen LogP contribution in [0.2, 0.25) is 5.02 Å². The molecule has 0 N–H and O–H groups in total. The molecule has 0 bridgehead atoms. The molecule has 2 atom stereocenters. The fourth-order valence-corrected chi connectivity index (χ4v) is 4.50. The molecule has 2 aliphatic heterocycles. The van der Waals surface area contributed by atoms with Crippen LogP contribution in [0, 0.1) is 0 Å². The SMILES string of the molecule is COc1ccc(C2=NN3C(C2)c2cc(Cl)ccc2OC3c2ccsc2)cc1. The van der Waals surface area contributed by atoms with E-state index in [1.807, 2.05) is 30.3 Å². The van der Waals surface area contributed by atoms with Crippen molar-refractivity contribution in [2.24, 2.45) is 5.10 Å². The van der Waals surface area contributed by atoms with Gasteiger partial charge in [-0.15, -0.1) is 0 Å². The topological polar surface area (TPSA) is 34.1 Å². The van der Waals surface area contributed by atoms with Gasteiger partial charge in [-0.25, -0.2) is 5.01 Å². The van der Waals surface area contributed by atoms with E-state index >= 15 is 0 Å². The van der Waals surface area contributed by atoms with Gasteiger partial charge >= 0.3 is 0 Å². The number of rotatable bonds is 3. The number of hydrogen-bond donors (Lipinski definition) is 0. The zero-order valence-corrected chi connectivity index (χ0v) is 16.2. The van der Waals surface area contributed by atoms with Crippen LogP contribution in [-0.4, -0.2) is 17.8 Å². The first kappa shape index (κ1) is 16.7. The molecular weight excluding hydrogens is 380 g/mol. The number of halogens is 1. The summed E-state index contributed by atoms with van der Waals surface area (Å²) >= 11 is 7.93. The number of benzene rings is 2. The number of methoxy groups -OCH3 is 1. The summed E-state index contributed by atoms with van der Waals surface area (Å²) in [5.74, 6) is 1.72. The standard InChI is InChI=1S/C21H17ClN2O2S/c1-25-16-5-2-13(3-6-16)18-11-19-17-10-15(22)4-7-20(17)26-21(24(19)23-18)14-8-9-27-12-14/h2-10,12,19,21H,11H2,1H3. The predicted octanol–water partition coefficient (Wildman–Crippen LogP) is 5.65. The van der Waals surface area contributed by atoms with Crippen molar-refractivity contribution in [3.63, 3.8) is 0 Å². The van der Waals surface area contributed by atoms with Crippen LogP contribution in [0.25, 0.3) is 0 Å². The van der Waals surface area contributed by atoms with Crippen molar-refractivity contribution >= 4 is 28.6 Å². The normalized spacial score (nSPS) is 20.5. The van der Waals surface area contributed by atoms with E-state index in [2.05, 4.69) is 34.0 Å². The molecule has 6 heteroatoms. The highest BCUT2D eigenvalue weighted by Gasteiger charge is 2.41. The third kappa shape index (κ3) is 2.87. The Bertz CT molecular complexity index is 1000. The van der Waals surface area contributed by atoms with E-state index in [9.17, 15) is 0 Å². The highest BCUT2D eigenvalue weighted by Crippen LogP contribution is 2.48. The summed E-state index contributed by atoms with van der Waals surface area (Å²) in [6.45, 7) is 0. The van der Waals surface area contributed by atoms with Crippen molar-refractivity contribution in [1.29, 1.82) is 0 Å². The smallest absolute Gasteiger partial charge is 0.214 e. The maximum Gasteiger partial charge on any atom is 0.214 e. The van der Waals surface area contributed by atoms with Gasteiger partial charge in [-0.2, -0.15) is 16.4 Å². The van der Waals surface area contributed by atoms with E-state index in [-0.39, 0.29) is 12.3 Å².